The Labute approximate surface area is 94.8 Å². The Kier molecular flexibility index (Phi) is 2.24. The standard InChI is InChI=1S/C12H17N3O/c13-9-7-10(9)14-12(16)11-5-2-6-15(11)8-3-1-4-8/h2,5-6,8-10H,1,3-4,7,13H2,(H,14,16). The van der Waals surface area contributed by atoms with Crippen LogP contribution in [0, 0.1) is 0 Å². The van der Waals surface area contributed by atoms with Gasteiger partial charge in [0, 0.05) is 24.3 Å². The van der Waals surface area contributed by atoms with Crippen LogP contribution in [-0.4, -0.2) is 22.6 Å². The van der Waals surface area contributed by atoms with Crippen molar-refractivity contribution in [2.24, 2.45) is 5.73 Å². The van der Waals surface area contributed by atoms with Crippen molar-refractivity contribution < 1.29 is 4.79 Å². The highest BCUT2D eigenvalue weighted by Crippen LogP contribution is 2.32. The van der Waals surface area contributed by atoms with Crippen LogP contribution in [0.25, 0.3) is 0 Å². The summed E-state index contributed by atoms with van der Waals surface area (Å²) in [5.74, 6) is 0.0230. The van der Waals surface area contributed by atoms with E-state index in [1.807, 2.05) is 18.3 Å². The summed E-state index contributed by atoms with van der Waals surface area (Å²) in [5.41, 5.74) is 6.46. The fraction of sp³-hybridized carbons (Fsp3) is 0.583. The fourth-order valence-corrected chi connectivity index (χ4v) is 2.19. The number of nitrogens with zero attached hydrogens (tertiary/aromatic N) is 1. The summed E-state index contributed by atoms with van der Waals surface area (Å²) in [4.78, 5) is 12.0. The van der Waals surface area contributed by atoms with Crippen LogP contribution in [0.15, 0.2) is 18.3 Å². The Morgan fingerprint density at radius 2 is 2.25 bits per heavy atom. The van der Waals surface area contributed by atoms with Crippen LogP contribution in [-0.2, 0) is 0 Å². The second kappa shape index (κ2) is 3.63. The van der Waals surface area contributed by atoms with E-state index in [2.05, 4.69) is 9.88 Å². The molecule has 0 aliphatic heterocycles. The molecule has 1 aromatic rings. The van der Waals surface area contributed by atoms with Gasteiger partial charge in [0.15, 0.2) is 0 Å². The number of carbonyl (C=O) groups is 1. The van der Waals surface area contributed by atoms with Crippen molar-refractivity contribution in [1.29, 1.82) is 0 Å². The summed E-state index contributed by atoms with van der Waals surface area (Å²) in [5, 5.41) is 2.96. The highest BCUT2D eigenvalue weighted by atomic mass is 16.2. The lowest BCUT2D eigenvalue weighted by molar-refractivity contribution is 0.0935. The molecule has 0 spiro atoms. The molecule has 4 nitrogen and oxygen atoms in total. The Balaban J connectivity index is 1.72. The SMILES string of the molecule is NC1CC1NC(=O)c1cccn1C1CCC1. The first-order valence-electron chi connectivity index (χ1n) is 5.99. The number of rotatable bonds is 3. The van der Waals surface area contributed by atoms with Crippen LogP contribution in [0.2, 0.25) is 0 Å². The summed E-state index contributed by atoms with van der Waals surface area (Å²) < 4.78 is 2.10. The smallest absolute Gasteiger partial charge is 0.268 e. The molecular weight excluding hydrogens is 202 g/mol. The Morgan fingerprint density at radius 3 is 2.81 bits per heavy atom. The molecule has 2 aliphatic rings. The van der Waals surface area contributed by atoms with Gasteiger partial charge in [-0.1, -0.05) is 0 Å². The van der Waals surface area contributed by atoms with Crippen LogP contribution in [0.1, 0.15) is 42.2 Å². The van der Waals surface area contributed by atoms with E-state index >= 15 is 0 Å². The topological polar surface area (TPSA) is 60.0 Å². The molecule has 3 rings (SSSR count). The third-order valence-corrected chi connectivity index (χ3v) is 3.64. The van der Waals surface area contributed by atoms with Gasteiger partial charge in [0.2, 0.25) is 0 Å². The third-order valence-electron chi connectivity index (χ3n) is 3.64. The van der Waals surface area contributed by atoms with Crippen molar-refractivity contribution in [3.63, 3.8) is 0 Å². The van der Waals surface area contributed by atoms with Crippen molar-refractivity contribution >= 4 is 5.91 Å². The number of amides is 1. The van der Waals surface area contributed by atoms with E-state index < -0.39 is 0 Å². The maximum Gasteiger partial charge on any atom is 0.268 e. The van der Waals surface area contributed by atoms with Crippen LogP contribution in [0.3, 0.4) is 0 Å². The molecule has 0 saturated heterocycles. The lowest BCUT2D eigenvalue weighted by Crippen LogP contribution is -2.32. The minimum atomic E-state index is 0.0230. The molecule has 4 heteroatoms. The molecule has 2 aliphatic carbocycles. The molecule has 86 valence electrons. The van der Waals surface area contributed by atoms with Gasteiger partial charge in [-0.05, 0) is 37.8 Å². The Bertz CT molecular complexity index is 408. The normalized spacial score (nSPS) is 28.6. The van der Waals surface area contributed by atoms with E-state index in [1.54, 1.807) is 0 Å². The first-order valence-corrected chi connectivity index (χ1v) is 5.99. The van der Waals surface area contributed by atoms with Gasteiger partial charge in [0.25, 0.3) is 5.91 Å². The zero-order valence-corrected chi connectivity index (χ0v) is 9.23. The second-order valence-electron chi connectivity index (χ2n) is 4.86. The van der Waals surface area contributed by atoms with Crippen molar-refractivity contribution in [2.75, 3.05) is 0 Å². The van der Waals surface area contributed by atoms with Crippen molar-refractivity contribution in [2.45, 2.75) is 43.8 Å². The number of carbonyl (C=O) groups excluding carboxylic acids is 1. The molecule has 1 heterocycles. The molecule has 2 saturated carbocycles. The minimum absolute atomic E-state index is 0.0230. The van der Waals surface area contributed by atoms with Crippen LogP contribution < -0.4 is 11.1 Å². The largest absolute Gasteiger partial charge is 0.346 e. The summed E-state index contributed by atoms with van der Waals surface area (Å²) in [6.45, 7) is 0. The minimum Gasteiger partial charge on any atom is -0.346 e. The van der Waals surface area contributed by atoms with E-state index in [0.29, 0.717) is 6.04 Å². The zero-order valence-electron chi connectivity index (χ0n) is 9.23. The molecule has 16 heavy (non-hydrogen) atoms. The molecule has 2 fully saturated rings. The number of nitrogens with two attached hydrogens (primary N) is 1. The van der Waals surface area contributed by atoms with Crippen LogP contribution >= 0.6 is 0 Å². The fourth-order valence-electron chi connectivity index (χ4n) is 2.19. The predicted octanol–water partition coefficient (Wildman–Crippen LogP) is 1.04. The molecule has 1 amide bonds. The highest BCUT2D eigenvalue weighted by molar-refractivity contribution is 5.93. The monoisotopic (exact) mass is 219 g/mol. The molecular formula is C12H17N3O. The van der Waals surface area contributed by atoms with Gasteiger partial charge in [0.1, 0.15) is 5.69 Å². The lowest BCUT2D eigenvalue weighted by Gasteiger charge is -2.28. The lowest BCUT2D eigenvalue weighted by atomic mass is 9.93. The average Bonchev–Trinajstić information content (AvgIpc) is 2.70. The average molecular weight is 219 g/mol. The number of aromatic nitrogens is 1. The van der Waals surface area contributed by atoms with Gasteiger partial charge in [-0.3, -0.25) is 4.79 Å². The van der Waals surface area contributed by atoms with Gasteiger partial charge in [-0.25, -0.2) is 0 Å². The second-order valence-corrected chi connectivity index (χ2v) is 4.86. The number of hydrogen-bond donors (Lipinski definition) is 2. The Morgan fingerprint density at radius 1 is 1.50 bits per heavy atom. The van der Waals surface area contributed by atoms with Gasteiger partial charge in [-0.2, -0.15) is 0 Å². The summed E-state index contributed by atoms with van der Waals surface area (Å²) in [6.07, 6.45) is 6.58. The van der Waals surface area contributed by atoms with E-state index in [-0.39, 0.29) is 18.0 Å². The maximum atomic E-state index is 12.0. The number of nitrogens with one attached hydrogen (secondary N) is 1. The molecule has 0 radical (unpaired) electrons. The van der Waals surface area contributed by atoms with E-state index in [1.165, 1.54) is 19.3 Å². The molecule has 3 N–H and O–H groups in total. The predicted molar refractivity (Wildman–Crippen MR) is 61.2 cm³/mol. The quantitative estimate of drug-likeness (QED) is 0.798. The molecule has 0 aromatic carbocycles. The highest BCUT2D eigenvalue weighted by Gasteiger charge is 2.35. The third kappa shape index (κ3) is 1.63. The van der Waals surface area contributed by atoms with Gasteiger partial charge >= 0.3 is 0 Å². The van der Waals surface area contributed by atoms with E-state index in [9.17, 15) is 4.79 Å². The number of hydrogen-bond acceptors (Lipinski definition) is 2. The first-order chi connectivity index (χ1) is 7.75. The molecule has 1 aromatic heterocycles. The van der Waals surface area contributed by atoms with Crippen LogP contribution in [0.5, 0.6) is 0 Å². The van der Waals surface area contributed by atoms with Crippen LogP contribution in [0.4, 0.5) is 0 Å². The molecule has 2 unspecified atom stereocenters. The zero-order chi connectivity index (χ0) is 11.1. The van der Waals surface area contributed by atoms with Crippen molar-refractivity contribution in [3.05, 3.63) is 24.0 Å². The Hall–Kier alpha value is -1.29. The summed E-state index contributed by atoms with van der Waals surface area (Å²) >= 11 is 0. The van der Waals surface area contributed by atoms with Crippen molar-refractivity contribution in [1.82, 2.24) is 9.88 Å². The van der Waals surface area contributed by atoms with E-state index in [4.69, 9.17) is 5.73 Å². The summed E-state index contributed by atoms with van der Waals surface area (Å²) in [7, 11) is 0. The summed E-state index contributed by atoms with van der Waals surface area (Å²) in [6, 6.07) is 4.72. The van der Waals surface area contributed by atoms with Gasteiger partial charge < -0.3 is 15.6 Å². The maximum absolute atomic E-state index is 12.0. The first kappa shape index (κ1) is 9.90. The van der Waals surface area contributed by atoms with E-state index in [0.717, 1.165) is 12.1 Å². The van der Waals surface area contributed by atoms with Crippen molar-refractivity contribution in [3.8, 4) is 0 Å². The molecule has 2 atom stereocenters. The van der Waals surface area contributed by atoms with Gasteiger partial charge in [-0.15, -0.1) is 0 Å². The van der Waals surface area contributed by atoms with Gasteiger partial charge in [0.05, 0.1) is 0 Å². The molecule has 0 bridgehead atoms.